The van der Waals surface area contributed by atoms with Crippen LogP contribution in [0.15, 0.2) is 0 Å². The van der Waals surface area contributed by atoms with Crippen molar-refractivity contribution < 1.29 is 0 Å². The zero-order valence-electron chi connectivity index (χ0n) is 90.3. The first kappa shape index (κ1) is 114. The van der Waals surface area contributed by atoms with E-state index in [4.69, 9.17) is 5.73 Å². The Labute approximate surface area is 775 Å². The minimum atomic E-state index is 0.261. The molecule has 1 saturated carbocycles. The van der Waals surface area contributed by atoms with E-state index in [2.05, 4.69) is 323 Å². The molecular formula is C107H223N17. The summed E-state index contributed by atoms with van der Waals surface area (Å²) in [5.41, 5.74) is 10.8. The lowest BCUT2D eigenvalue weighted by molar-refractivity contribution is 0.0455. The van der Waals surface area contributed by atoms with Gasteiger partial charge in [0, 0.05) is 157 Å². The highest BCUT2D eigenvalue weighted by atomic mass is 15.4. The predicted octanol–water partition coefficient (Wildman–Crippen LogP) is 20.2. The van der Waals surface area contributed by atoms with E-state index in [1.807, 2.05) is 0 Å². The van der Waals surface area contributed by atoms with E-state index in [1.54, 1.807) is 0 Å². The normalized spacial score (nSPS) is 26.7. The molecule has 2 spiro atoms. The van der Waals surface area contributed by atoms with Crippen LogP contribution in [0.4, 0.5) is 0 Å². The molecule has 0 amide bonds. The van der Waals surface area contributed by atoms with Crippen molar-refractivity contribution in [2.24, 2.45) is 28.4 Å². The van der Waals surface area contributed by atoms with Gasteiger partial charge in [-0.1, -0.05) is 58.8 Å². The number of likely N-dealkylation sites (N-methyl/N-ethyl adjacent to an activating group) is 1. The summed E-state index contributed by atoms with van der Waals surface area (Å²) in [5.74, 6) is 2.02. The molecule has 14 rings (SSSR count). The summed E-state index contributed by atoms with van der Waals surface area (Å²) in [7, 11) is 6.54. The topological polar surface area (TPSA) is 113 Å². The highest BCUT2D eigenvalue weighted by Crippen LogP contribution is 2.47. The first-order chi connectivity index (χ1) is 57.3. The zero-order chi connectivity index (χ0) is 93.1. The Morgan fingerprint density at radius 2 is 0.798 bits per heavy atom. The van der Waals surface area contributed by atoms with Gasteiger partial charge in [-0.25, -0.2) is 0 Å². The standard InChI is InChI=1S/C13H25N.C12H24N2.C12H25N.C11H24N2.C11H23N.C10H20N2.2C10H22N2.C9H18N2.C9H20N2/c1-12(2,3)14-10-8-13(9-11-14)6-4-5-7-13;1-11(2,3)14-9-6-12(10-14)4-7-13-8-5-12;1-5-6-11-7-9-13(10-8-11)12(2,3)4;1-11(2,3)12(4)10-13-8-6-5-7-9-13;1-5-10-6-8-12(9-7-10)11(2,3)4;1-10(2,3)12-7-8-5-9(12)6-11(8)4;1-10(2,3)12-7-5-9(11-4)6-8-12;1-10(2,3)11-9-12-7-5-4-6-8-12;1-9(2,3)11-6-7-4-8(11)5-10-7;1-9(2,3)11-6-4-8(10)5-7-11/h4-11H2,1-3H3;13H,4-10H2,1-3H3;11H,5-10H2,1-4H3;5-10H2,1-4H3;10H,5-9H2,1-4H3;8-9H,5-7H2,1-4H3;9,11H,5-8H2,1-4H3;11H,4-9H2,1-3H3;7-8,10H,4-6H2,1-3H3;8H,4-7,10H2,1-3H3. The van der Waals surface area contributed by atoms with Gasteiger partial charge in [0.05, 0.1) is 6.67 Å². The van der Waals surface area contributed by atoms with Crippen molar-refractivity contribution in [2.45, 2.75) is 493 Å². The Kier molecular flexibility index (Phi) is 47.1. The lowest BCUT2D eigenvalue weighted by Gasteiger charge is -2.45. The van der Waals surface area contributed by atoms with Gasteiger partial charge in [-0.3, -0.25) is 59.2 Å². The molecular weight excluding hydrogens is 1520 g/mol. The van der Waals surface area contributed by atoms with Crippen LogP contribution in [-0.4, -0.2) is 329 Å². The number of hydrogen-bond acceptors (Lipinski definition) is 17. The van der Waals surface area contributed by atoms with Gasteiger partial charge in [-0.2, -0.15) is 0 Å². The number of nitrogens with zero attached hydrogens (tertiary/aromatic N) is 12. The van der Waals surface area contributed by atoms with Crippen LogP contribution in [0, 0.1) is 22.7 Å². The van der Waals surface area contributed by atoms with E-state index in [9.17, 15) is 0 Å². The Morgan fingerprint density at radius 3 is 1.15 bits per heavy atom. The van der Waals surface area contributed by atoms with Crippen LogP contribution in [0.3, 0.4) is 0 Å². The van der Waals surface area contributed by atoms with Crippen molar-refractivity contribution >= 4 is 0 Å². The summed E-state index contributed by atoms with van der Waals surface area (Å²) < 4.78 is 0. The van der Waals surface area contributed by atoms with E-state index in [0.29, 0.717) is 61.3 Å². The maximum absolute atomic E-state index is 5.81. The number of piperazine rings is 2. The summed E-state index contributed by atoms with van der Waals surface area (Å²) in [4.78, 5) is 30.9. The van der Waals surface area contributed by atoms with Crippen LogP contribution in [0.25, 0.3) is 0 Å². The number of hydrogen-bond donors (Lipinski definition) is 5. The van der Waals surface area contributed by atoms with Gasteiger partial charge in [0.15, 0.2) is 0 Å². The van der Waals surface area contributed by atoms with Crippen LogP contribution < -0.4 is 27.0 Å². The van der Waals surface area contributed by atoms with Gasteiger partial charge in [0.2, 0.25) is 0 Å². The summed E-state index contributed by atoms with van der Waals surface area (Å²) in [6.45, 7) is 104. The second-order valence-corrected chi connectivity index (χ2v) is 52.1. The van der Waals surface area contributed by atoms with Gasteiger partial charge in [0.25, 0.3) is 0 Å². The maximum Gasteiger partial charge on any atom is 0.0508 e. The Balaban J connectivity index is 0.000000245. The smallest absolute Gasteiger partial charge is 0.0508 e. The molecule has 17 nitrogen and oxygen atoms in total. The van der Waals surface area contributed by atoms with Crippen LogP contribution in [-0.2, 0) is 0 Å². The molecule has 13 saturated heterocycles. The SMILES string of the molecule is CC(C)(C)N1CC2CC1CN2.CC(C)(C)N1CCC(N)CC1.CC(C)(C)N1CCC2(CCCC2)CC1.CC(C)(C)N1CCC2(CCNCC2)C1.CC(C)(C)NCN1CCCCC1.CCC1CCN(C(C)(C)C)CC1.CCCC1CCN(C(C)(C)C)CC1.CN(CN1CCCCC1)C(C)(C)C.CN1CC2CC1CN2C(C)(C)C.CNC1CCN(C(C)(C)C)CC1. The quantitative estimate of drug-likeness (QED) is 0.159. The van der Waals surface area contributed by atoms with E-state index in [0.717, 1.165) is 73.6 Å². The summed E-state index contributed by atoms with van der Waals surface area (Å²) in [5, 5.41) is 13.9. The van der Waals surface area contributed by atoms with Crippen molar-refractivity contribution in [3.05, 3.63) is 0 Å². The Hall–Kier alpha value is -0.680. The van der Waals surface area contributed by atoms with E-state index in [-0.39, 0.29) is 5.54 Å². The molecule has 0 aromatic rings. The monoisotopic (exact) mass is 1750 g/mol. The van der Waals surface area contributed by atoms with Gasteiger partial charge >= 0.3 is 0 Å². The average Bonchev–Trinajstić information content (AvgIpc) is 1.61. The molecule has 14 fully saturated rings. The molecule has 0 radical (unpaired) electrons. The van der Waals surface area contributed by atoms with Crippen LogP contribution in [0.1, 0.15) is 401 Å². The van der Waals surface area contributed by atoms with Crippen LogP contribution in [0.5, 0.6) is 0 Å². The second-order valence-electron chi connectivity index (χ2n) is 52.1. The second kappa shape index (κ2) is 51.3. The van der Waals surface area contributed by atoms with E-state index >= 15 is 0 Å². The molecule has 14 aliphatic rings. The third-order valence-electron chi connectivity index (χ3n) is 31.8. The minimum Gasteiger partial charge on any atom is -0.328 e. The Morgan fingerprint density at radius 1 is 0.395 bits per heavy atom. The van der Waals surface area contributed by atoms with E-state index in [1.165, 1.54) is 311 Å². The van der Waals surface area contributed by atoms with Crippen molar-refractivity contribution in [3.8, 4) is 0 Å². The summed E-state index contributed by atoms with van der Waals surface area (Å²) in [6.07, 6.45) is 39.1. The predicted molar refractivity (Wildman–Crippen MR) is 546 cm³/mol. The van der Waals surface area contributed by atoms with Crippen LogP contribution >= 0.6 is 0 Å². The number of nitrogens with one attached hydrogen (secondary N) is 4. The maximum atomic E-state index is 5.81. The summed E-state index contributed by atoms with van der Waals surface area (Å²) in [6, 6.07) is 4.49. The lowest BCUT2D eigenvalue weighted by Crippen LogP contribution is -2.52. The fraction of sp³-hybridized carbons (Fsp3) is 1.00. The van der Waals surface area contributed by atoms with E-state index < -0.39 is 0 Å². The molecule has 17 heteroatoms. The average molecular weight is 1750 g/mol. The van der Waals surface area contributed by atoms with Crippen molar-refractivity contribution in [2.75, 3.05) is 178 Å². The highest BCUT2D eigenvalue weighted by Gasteiger charge is 2.47. The van der Waals surface area contributed by atoms with Crippen molar-refractivity contribution in [3.63, 3.8) is 0 Å². The number of piperidine rings is 8. The lowest BCUT2D eigenvalue weighted by atomic mass is 9.76. The summed E-state index contributed by atoms with van der Waals surface area (Å²) >= 11 is 0. The molecule has 13 aliphatic heterocycles. The highest BCUT2D eigenvalue weighted by molar-refractivity contribution is 5.04. The molecule has 4 unspecified atom stereocenters. The molecule has 124 heavy (non-hydrogen) atoms. The first-order valence-corrected chi connectivity index (χ1v) is 52.8. The number of fused-ring (bicyclic) bond motifs is 4. The third-order valence-corrected chi connectivity index (χ3v) is 31.8. The zero-order valence-corrected chi connectivity index (χ0v) is 90.3. The molecule has 1 aliphatic carbocycles. The van der Waals surface area contributed by atoms with Gasteiger partial charge in [0.1, 0.15) is 0 Å². The first-order valence-electron chi connectivity index (χ1n) is 52.8. The molecule has 4 atom stereocenters. The fourth-order valence-electron chi connectivity index (χ4n) is 22.0. The van der Waals surface area contributed by atoms with Crippen molar-refractivity contribution in [1.82, 2.24) is 80.1 Å². The van der Waals surface area contributed by atoms with Crippen molar-refractivity contribution in [1.29, 1.82) is 0 Å². The Bertz CT molecular complexity index is 2710. The molecule has 736 valence electrons. The number of rotatable bonds is 8. The van der Waals surface area contributed by atoms with Gasteiger partial charge in [-0.05, 0) is 471 Å². The molecule has 13 heterocycles. The minimum absolute atomic E-state index is 0.261. The molecule has 6 N–H and O–H groups in total. The van der Waals surface area contributed by atoms with Gasteiger partial charge < -0.3 is 26.6 Å². The van der Waals surface area contributed by atoms with Gasteiger partial charge in [-0.15, -0.1) is 0 Å². The largest absolute Gasteiger partial charge is 0.328 e. The molecule has 4 bridgehead atoms. The number of likely N-dealkylation sites (tertiary alicyclic amines) is 11. The fourth-order valence-corrected chi connectivity index (χ4v) is 22.0. The molecule has 0 aromatic carbocycles. The molecule has 0 aromatic heterocycles. The number of nitrogens with two attached hydrogens (primary N) is 1. The third kappa shape index (κ3) is 41.7. The van der Waals surface area contributed by atoms with Crippen LogP contribution in [0.2, 0.25) is 0 Å².